The van der Waals surface area contributed by atoms with Crippen LogP contribution in [0.2, 0.25) is 0 Å². The Balaban J connectivity index is 2.16. The van der Waals surface area contributed by atoms with Gasteiger partial charge in [-0.25, -0.2) is 0 Å². The molecule has 0 aromatic heterocycles. The fourth-order valence-electron chi connectivity index (χ4n) is 6.12. The molecule has 3 rings (SSSR count). The molecule has 0 fully saturated rings. The first-order valence-electron chi connectivity index (χ1n) is 15.6. The molecule has 3 aromatic rings. The third-order valence-electron chi connectivity index (χ3n) is 8.80. The quantitative estimate of drug-likeness (QED) is 0.189. The summed E-state index contributed by atoms with van der Waals surface area (Å²) in [6, 6.07) is 12.5. The number of phenolic OH excluding ortho intramolecular Hbond substituents is 3. The first-order chi connectivity index (χ1) is 19.1. The van der Waals surface area contributed by atoms with Gasteiger partial charge in [0.05, 0.1) is 0 Å². The molecule has 0 amide bonds. The average molecular weight is 545 g/mol. The zero-order valence-corrected chi connectivity index (χ0v) is 26.0. The molecular formula is C37H52O3. The molecule has 40 heavy (non-hydrogen) atoms. The van der Waals surface area contributed by atoms with Gasteiger partial charge in [0.2, 0.25) is 0 Å². The highest BCUT2D eigenvalue weighted by atomic mass is 16.3. The van der Waals surface area contributed by atoms with Gasteiger partial charge < -0.3 is 15.3 Å². The molecule has 0 heterocycles. The molecule has 0 aliphatic heterocycles. The Hall–Kier alpha value is -2.94. The summed E-state index contributed by atoms with van der Waals surface area (Å²) in [4.78, 5) is 0. The van der Waals surface area contributed by atoms with Crippen LogP contribution >= 0.6 is 0 Å². The Kier molecular flexibility index (Phi) is 11.5. The number of benzene rings is 3. The number of hydrogen-bond donors (Lipinski definition) is 3. The van der Waals surface area contributed by atoms with E-state index in [4.69, 9.17) is 0 Å². The maximum atomic E-state index is 10.8. The second kappa shape index (κ2) is 14.6. The Morgan fingerprint density at radius 1 is 0.525 bits per heavy atom. The SMILES string of the molecule is CCCCc1cc(CC(c2cc(CCCC)c(O)cc2C)C(C)c2cc(CCCC)c(O)cc2C)c(C)cc1O. The van der Waals surface area contributed by atoms with E-state index in [0.717, 1.165) is 97.6 Å². The number of rotatable bonds is 14. The topological polar surface area (TPSA) is 60.7 Å². The largest absolute Gasteiger partial charge is 0.508 e. The number of unbranched alkanes of at least 4 members (excludes halogenated alkanes) is 3. The fourth-order valence-corrected chi connectivity index (χ4v) is 6.12. The van der Waals surface area contributed by atoms with Gasteiger partial charge in [-0.3, -0.25) is 0 Å². The van der Waals surface area contributed by atoms with Crippen LogP contribution in [0.5, 0.6) is 17.2 Å². The van der Waals surface area contributed by atoms with Crippen molar-refractivity contribution < 1.29 is 15.3 Å². The predicted octanol–water partition coefficient (Wildman–Crippen LogP) is 9.89. The minimum absolute atomic E-state index is 0.172. The smallest absolute Gasteiger partial charge is 0.119 e. The number of phenols is 3. The van der Waals surface area contributed by atoms with Gasteiger partial charge in [0.25, 0.3) is 0 Å². The predicted molar refractivity (Wildman–Crippen MR) is 169 cm³/mol. The second-order valence-electron chi connectivity index (χ2n) is 12.0. The lowest BCUT2D eigenvalue weighted by atomic mass is 9.74. The molecule has 0 saturated heterocycles. The van der Waals surface area contributed by atoms with Crippen LogP contribution in [0.4, 0.5) is 0 Å². The van der Waals surface area contributed by atoms with Gasteiger partial charge >= 0.3 is 0 Å². The van der Waals surface area contributed by atoms with Gasteiger partial charge in [0.15, 0.2) is 0 Å². The first kappa shape index (κ1) is 31.6. The average Bonchev–Trinajstić information content (AvgIpc) is 2.91. The molecule has 0 bridgehead atoms. The molecule has 2 atom stereocenters. The van der Waals surface area contributed by atoms with E-state index < -0.39 is 0 Å². The molecule has 0 saturated carbocycles. The summed E-state index contributed by atoms with van der Waals surface area (Å²) < 4.78 is 0. The maximum Gasteiger partial charge on any atom is 0.119 e. The zero-order valence-electron chi connectivity index (χ0n) is 26.0. The van der Waals surface area contributed by atoms with E-state index in [-0.39, 0.29) is 11.8 Å². The summed E-state index contributed by atoms with van der Waals surface area (Å²) >= 11 is 0. The van der Waals surface area contributed by atoms with Crippen LogP contribution in [0.1, 0.15) is 128 Å². The summed E-state index contributed by atoms with van der Waals surface area (Å²) in [6.45, 7) is 15.2. The monoisotopic (exact) mass is 544 g/mol. The minimum Gasteiger partial charge on any atom is -0.508 e. The Morgan fingerprint density at radius 3 is 1.40 bits per heavy atom. The van der Waals surface area contributed by atoms with Gasteiger partial charge in [-0.15, -0.1) is 0 Å². The third-order valence-corrected chi connectivity index (χ3v) is 8.80. The van der Waals surface area contributed by atoms with Gasteiger partial charge in [-0.05, 0) is 146 Å². The van der Waals surface area contributed by atoms with Gasteiger partial charge in [0.1, 0.15) is 17.2 Å². The van der Waals surface area contributed by atoms with E-state index >= 15 is 0 Å². The summed E-state index contributed by atoms with van der Waals surface area (Å²) in [5, 5.41) is 32.2. The summed E-state index contributed by atoms with van der Waals surface area (Å²) in [7, 11) is 0. The second-order valence-corrected chi connectivity index (χ2v) is 12.0. The molecule has 218 valence electrons. The van der Waals surface area contributed by atoms with E-state index in [0.29, 0.717) is 17.2 Å². The summed E-state index contributed by atoms with van der Waals surface area (Å²) in [5.41, 5.74) is 10.3. The zero-order chi connectivity index (χ0) is 29.4. The van der Waals surface area contributed by atoms with Crippen molar-refractivity contribution in [3.63, 3.8) is 0 Å². The number of aryl methyl sites for hydroxylation is 6. The van der Waals surface area contributed by atoms with Crippen LogP contribution in [0.25, 0.3) is 0 Å². The highest BCUT2D eigenvalue weighted by Gasteiger charge is 2.27. The lowest BCUT2D eigenvalue weighted by Gasteiger charge is -2.30. The molecule has 0 aliphatic rings. The fraction of sp³-hybridized carbons (Fsp3) is 0.514. The number of hydrogen-bond acceptors (Lipinski definition) is 3. The van der Waals surface area contributed by atoms with E-state index in [9.17, 15) is 15.3 Å². The Bertz CT molecular complexity index is 1270. The molecule has 3 N–H and O–H groups in total. The van der Waals surface area contributed by atoms with Crippen molar-refractivity contribution in [3.8, 4) is 17.2 Å². The van der Waals surface area contributed by atoms with Crippen molar-refractivity contribution in [2.24, 2.45) is 0 Å². The molecular weight excluding hydrogens is 492 g/mol. The highest BCUT2D eigenvalue weighted by molar-refractivity contribution is 5.49. The highest BCUT2D eigenvalue weighted by Crippen LogP contribution is 2.42. The van der Waals surface area contributed by atoms with Crippen molar-refractivity contribution in [2.75, 3.05) is 0 Å². The van der Waals surface area contributed by atoms with Gasteiger partial charge in [-0.1, -0.05) is 65.2 Å². The van der Waals surface area contributed by atoms with Crippen LogP contribution in [-0.4, -0.2) is 15.3 Å². The van der Waals surface area contributed by atoms with E-state index in [1.807, 2.05) is 18.2 Å². The van der Waals surface area contributed by atoms with Gasteiger partial charge in [-0.2, -0.15) is 0 Å². The summed E-state index contributed by atoms with van der Waals surface area (Å²) in [5.74, 6) is 1.56. The minimum atomic E-state index is 0.172. The third kappa shape index (κ3) is 7.62. The Morgan fingerprint density at radius 2 is 0.925 bits per heavy atom. The number of aromatic hydroxyl groups is 3. The van der Waals surface area contributed by atoms with E-state index in [1.165, 1.54) is 16.7 Å². The first-order valence-corrected chi connectivity index (χ1v) is 15.6. The van der Waals surface area contributed by atoms with E-state index in [1.54, 1.807) is 0 Å². The van der Waals surface area contributed by atoms with Crippen molar-refractivity contribution in [1.82, 2.24) is 0 Å². The van der Waals surface area contributed by atoms with Crippen LogP contribution < -0.4 is 0 Å². The molecule has 0 spiro atoms. The molecule has 3 aromatic carbocycles. The van der Waals surface area contributed by atoms with Crippen LogP contribution in [0.3, 0.4) is 0 Å². The molecule has 3 heteroatoms. The van der Waals surface area contributed by atoms with Crippen molar-refractivity contribution in [1.29, 1.82) is 0 Å². The van der Waals surface area contributed by atoms with E-state index in [2.05, 4.69) is 66.7 Å². The summed E-state index contributed by atoms with van der Waals surface area (Å²) in [6.07, 6.45) is 9.91. The normalized spacial score (nSPS) is 13.0. The van der Waals surface area contributed by atoms with Crippen molar-refractivity contribution in [2.45, 2.75) is 125 Å². The van der Waals surface area contributed by atoms with Gasteiger partial charge in [0, 0.05) is 0 Å². The lowest BCUT2D eigenvalue weighted by Crippen LogP contribution is -2.16. The Labute approximate surface area is 243 Å². The molecule has 3 nitrogen and oxygen atoms in total. The lowest BCUT2D eigenvalue weighted by molar-refractivity contribution is 0.462. The van der Waals surface area contributed by atoms with Crippen LogP contribution in [-0.2, 0) is 25.7 Å². The molecule has 2 unspecified atom stereocenters. The van der Waals surface area contributed by atoms with Crippen LogP contribution in [0, 0.1) is 20.8 Å². The van der Waals surface area contributed by atoms with Crippen molar-refractivity contribution >= 4 is 0 Å². The molecule has 0 radical (unpaired) electrons. The van der Waals surface area contributed by atoms with Crippen molar-refractivity contribution in [3.05, 3.63) is 86.5 Å². The standard InChI is InChI=1S/C37H52O3/c1-8-11-14-28-20-31(24(4)17-35(28)38)23-34(33-22-30(16-13-10-3)37(40)19-26(33)6)27(7)32-21-29(15-12-9-2)36(39)18-25(32)5/h17-22,27,34,38-40H,8-16,23H2,1-7H3. The van der Waals surface area contributed by atoms with Crippen LogP contribution in [0.15, 0.2) is 36.4 Å². The molecule has 0 aliphatic carbocycles. The maximum absolute atomic E-state index is 10.8.